The van der Waals surface area contributed by atoms with Crippen LogP contribution in [0.15, 0.2) is 65.0 Å². The maximum atomic E-state index is 12.9. The molecule has 1 aliphatic heterocycles. The first kappa shape index (κ1) is 20.7. The lowest BCUT2D eigenvalue weighted by Gasteiger charge is -2.13. The molecular formula is C23H24N2O3S. The predicted octanol–water partition coefficient (Wildman–Crippen LogP) is 5.19. The van der Waals surface area contributed by atoms with Crippen molar-refractivity contribution < 1.29 is 14.3 Å². The third-order valence-corrected chi connectivity index (χ3v) is 5.33. The summed E-state index contributed by atoms with van der Waals surface area (Å²) in [6.45, 7) is 8.56. The molecule has 0 spiro atoms. The predicted molar refractivity (Wildman–Crippen MR) is 120 cm³/mol. The van der Waals surface area contributed by atoms with Crippen LogP contribution in [0.25, 0.3) is 6.08 Å². The average molecular weight is 409 g/mol. The molecule has 6 heteroatoms. The highest BCUT2D eigenvalue weighted by Gasteiger charge is 2.32. The molecule has 1 fully saturated rings. The molecular weight excluding hydrogens is 384 g/mol. The van der Waals surface area contributed by atoms with Gasteiger partial charge in [0.25, 0.3) is 5.91 Å². The fourth-order valence-corrected chi connectivity index (χ4v) is 3.90. The highest BCUT2D eigenvalue weighted by atomic mass is 32.2. The maximum absolute atomic E-state index is 12.9. The van der Waals surface area contributed by atoms with E-state index in [2.05, 4.69) is 11.6 Å². The second-order valence-corrected chi connectivity index (χ2v) is 7.38. The zero-order chi connectivity index (χ0) is 20.8. The van der Waals surface area contributed by atoms with E-state index in [1.807, 2.05) is 62.4 Å². The van der Waals surface area contributed by atoms with Crippen LogP contribution in [0.3, 0.4) is 0 Å². The molecule has 0 bridgehead atoms. The van der Waals surface area contributed by atoms with E-state index in [0.29, 0.717) is 34.7 Å². The number of benzene rings is 2. The Kier molecular flexibility index (Phi) is 6.77. The van der Waals surface area contributed by atoms with Gasteiger partial charge >= 0.3 is 0 Å². The van der Waals surface area contributed by atoms with E-state index in [-0.39, 0.29) is 5.91 Å². The van der Waals surface area contributed by atoms with Gasteiger partial charge in [-0.05, 0) is 49.9 Å². The Morgan fingerprint density at radius 2 is 1.97 bits per heavy atom. The molecule has 0 saturated carbocycles. The number of thioether (sulfide) groups is 1. The number of hydrogen-bond donors (Lipinski definition) is 0. The first-order chi connectivity index (χ1) is 14.1. The zero-order valence-electron chi connectivity index (χ0n) is 16.8. The van der Waals surface area contributed by atoms with Gasteiger partial charge in [-0.2, -0.15) is 0 Å². The van der Waals surface area contributed by atoms with Crippen molar-refractivity contribution in [2.75, 3.05) is 20.3 Å². The van der Waals surface area contributed by atoms with Crippen molar-refractivity contribution >= 4 is 34.6 Å². The van der Waals surface area contributed by atoms with Crippen LogP contribution in [-0.2, 0) is 4.79 Å². The summed E-state index contributed by atoms with van der Waals surface area (Å²) in [6.07, 6.45) is 3.50. The molecule has 2 aromatic rings. The molecule has 0 atom stereocenters. The molecule has 0 aromatic heterocycles. The number of aliphatic imine (C=N–C) groups is 1. The number of carbonyl (C=O) groups is 1. The van der Waals surface area contributed by atoms with Gasteiger partial charge in [0.2, 0.25) is 0 Å². The number of likely N-dealkylation sites (N-methyl/N-ethyl adjacent to an activating group) is 1. The van der Waals surface area contributed by atoms with Crippen molar-refractivity contribution in [1.82, 2.24) is 4.90 Å². The van der Waals surface area contributed by atoms with Crippen LogP contribution < -0.4 is 9.47 Å². The summed E-state index contributed by atoms with van der Waals surface area (Å²) in [6, 6.07) is 13.5. The van der Waals surface area contributed by atoms with Gasteiger partial charge < -0.3 is 9.47 Å². The lowest BCUT2D eigenvalue weighted by atomic mass is 10.1. The fraction of sp³-hybridized carbons (Fsp3) is 0.217. The summed E-state index contributed by atoms with van der Waals surface area (Å²) >= 11 is 1.36. The molecule has 1 aliphatic rings. The molecule has 0 radical (unpaired) electrons. The van der Waals surface area contributed by atoms with Crippen LogP contribution >= 0.6 is 11.8 Å². The third-order valence-electron chi connectivity index (χ3n) is 4.32. The second-order valence-electron chi connectivity index (χ2n) is 6.37. The van der Waals surface area contributed by atoms with Crippen molar-refractivity contribution in [3.05, 3.63) is 71.2 Å². The average Bonchev–Trinajstić information content (AvgIpc) is 3.02. The molecule has 1 saturated heterocycles. The summed E-state index contributed by atoms with van der Waals surface area (Å²) in [7, 11) is 1.59. The highest BCUT2D eigenvalue weighted by molar-refractivity contribution is 8.18. The highest BCUT2D eigenvalue weighted by Crippen LogP contribution is 2.38. The topological polar surface area (TPSA) is 51.1 Å². The number of hydrogen-bond acceptors (Lipinski definition) is 5. The normalized spacial score (nSPS) is 16.5. The second kappa shape index (κ2) is 9.47. The van der Waals surface area contributed by atoms with Gasteiger partial charge in [-0.15, -0.1) is 0 Å². The van der Waals surface area contributed by atoms with Gasteiger partial charge in [-0.25, -0.2) is 4.99 Å². The molecule has 0 N–H and O–H groups in total. The Labute approximate surface area is 175 Å². The number of ether oxygens (including phenoxy) is 2. The standard InChI is InChI=1S/C23H24N2O3S/c1-5-14-28-21-17(8-7-9-19(21)27-4)15-20-22(26)25(6-2)23(29-20)24-18-12-10-16(3)11-13-18/h5,7-13,15H,1,6,14H2,2-4H3/b20-15+,24-23?. The monoisotopic (exact) mass is 408 g/mol. The van der Waals surface area contributed by atoms with Crippen molar-refractivity contribution in [2.24, 2.45) is 4.99 Å². The van der Waals surface area contributed by atoms with Gasteiger partial charge in [-0.3, -0.25) is 9.69 Å². The summed E-state index contributed by atoms with van der Waals surface area (Å²) in [4.78, 5) is 19.9. The van der Waals surface area contributed by atoms with Crippen LogP contribution in [0, 0.1) is 6.92 Å². The van der Waals surface area contributed by atoms with Crippen LogP contribution in [0.2, 0.25) is 0 Å². The molecule has 29 heavy (non-hydrogen) atoms. The van der Waals surface area contributed by atoms with Gasteiger partial charge in [0.05, 0.1) is 17.7 Å². The minimum absolute atomic E-state index is 0.0687. The Hall–Kier alpha value is -2.99. The third kappa shape index (κ3) is 4.71. The number of carbonyl (C=O) groups excluding carboxylic acids is 1. The number of aryl methyl sites for hydroxylation is 1. The van der Waals surface area contributed by atoms with E-state index in [0.717, 1.165) is 11.3 Å². The number of rotatable bonds is 7. The number of amidine groups is 1. The van der Waals surface area contributed by atoms with E-state index >= 15 is 0 Å². The van der Waals surface area contributed by atoms with E-state index < -0.39 is 0 Å². The largest absolute Gasteiger partial charge is 0.493 e. The van der Waals surface area contributed by atoms with E-state index in [9.17, 15) is 4.79 Å². The Morgan fingerprint density at radius 1 is 1.21 bits per heavy atom. The minimum atomic E-state index is -0.0687. The zero-order valence-corrected chi connectivity index (χ0v) is 17.7. The minimum Gasteiger partial charge on any atom is -0.493 e. The molecule has 0 unspecified atom stereocenters. The summed E-state index contributed by atoms with van der Waals surface area (Å²) in [5.41, 5.74) is 2.76. The Bertz CT molecular complexity index is 965. The van der Waals surface area contributed by atoms with Gasteiger partial charge in [0.15, 0.2) is 16.7 Å². The van der Waals surface area contributed by atoms with Gasteiger partial charge in [-0.1, -0.05) is 42.5 Å². The molecule has 5 nitrogen and oxygen atoms in total. The first-order valence-corrected chi connectivity index (χ1v) is 10.2. The number of methoxy groups -OCH3 is 1. The van der Waals surface area contributed by atoms with Crippen molar-refractivity contribution in [2.45, 2.75) is 13.8 Å². The molecule has 1 heterocycles. The number of amides is 1. The fourth-order valence-electron chi connectivity index (χ4n) is 2.85. The maximum Gasteiger partial charge on any atom is 0.266 e. The Morgan fingerprint density at radius 3 is 2.62 bits per heavy atom. The van der Waals surface area contributed by atoms with Crippen LogP contribution in [0.4, 0.5) is 5.69 Å². The molecule has 150 valence electrons. The summed E-state index contributed by atoms with van der Waals surface area (Å²) < 4.78 is 11.2. The van der Waals surface area contributed by atoms with Gasteiger partial charge in [0, 0.05) is 12.1 Å². The van der Waals surface area contributed by atoms with Crippen molar-refractivity contribution in [3.63, 3.8) is 0 Å². The quantitative estimate of drug-likeness (QED) is 0.467. The summed E-state index contributed by atoms with van der Waals surface area (Å²) in [5, 5.41) is 0.670. The Balaban J connectivity index is 1.97. The lowest BCUT2D eigenvalue weighted by molar-refractivity contribution is -0.122. The molecule has 0 aliphatic carbocycles. The molecule has 2 aromatic carbocycles. The van der Waals surface area contributed by atoms with E-state index in [1.54, 1.807) is 18.1 Å². The lowest BCUT2D eigenvalue weighted by Crippen LogP contribution is -2.28. The number of nitrogens with zero attached hydrogens (tertiary/aromatic N) is 2. The SMILES string of the molecule is C=CCOc1c(/C=C2/SC(=Nc3ccc(C)cc3)N(CC)C2=O)cccc1OC. The van der Waals surface area contributed by atoms with Crippen molar-refractivity contribution in [3.8, 4) is 11.5 Å². The number of para-hydroxylation sites is 1. The van der Waals surface area contributed by atoms with Crippen molar-refractivity contribution in [1.29, 1.82) is 0 Å². The molecule has 3 rings (SSSR count). The smallest absolute Gasteiger partial charge is 0.266 e. The summed E-state index contributed by atoms with van der Waals surface area (Å²) in [5.74, 6) is 1.13. The van der Waals surface area contributed by atoms with Crippen LogP contribution in [0.5, 0.6) is 11.5 Å². The molecule has 1 amide bonds. The van der Waals surface area contributed by atoms with E-state index in [1.165, 1.54) is 17.3 Å². The first-order valence-electron chi connectivity index (χ1n) is 9.34. The van der Waals surface area contributed by atoms with Gasteiger partial charge in [0.1, 0.15) is 6.61 Å². The van der Waals surface area contributed by atoms with E-state index in [4.69, 9.17) is 9.47 Å². The van der Waals surface area contributed by atoms with Crippen LogP contribution in [0.1, 0.15) is 18.1 Å². The van der Waals surface area contributed by atoms with Crippen LogP contribution in [-0.4, -0.2) is 36.2 Å².